The molecular formula is C23H35N3O4. The van der Waals surface area contributed by atoms with Crippen molar-refractivity contribution in [3.05, 3.63) is 35.5 Å². The van der Waals surface area contributed by atoms with Gasteiger partial charge in [0, 0.05) is 32.5 Å². The van der Waals surface area contributed by atoms with Crippen LogP contribution >= 0.6 is 0 Å². The number of benzene rings is 1. The normalized spacial score (nSPS) is 10.9. The summed E-state index contributed by atoms with van der Waals surface area (Å²) in [6, 6.07) is 7.78. The van der Waals surface area contributed by atoms with Crippen molar-refractivity contribution < 1.29 is 19.0 Å². The average molecular weight is 418 g/mol. The number of hydrogen-bond donors (Lipinski definition) is 2. The largest absolute Gasteiger partial charge is 0.490 e. The van der Waals surface area contributed by atoms with Crippen LogP contribution in [0.15, 0.2) is 30.0 Å². The number of carbonyl (C=O) groups excluding carboxylic acids is 1. The SMILES string of the molecule is CCCCOCCCNC(=O)/C(C#N)=C\NCCc1ccc(OCC)c(OCC)c1. The van der Waals surface area contributed by atoms with E-state index in [-0.39, 0.29) is 11.5 Å². The minimum atomic E-state index is -0.377. The van der Waals surface area contributed by atoms with Gasteiger partial charge in [-0.15, -0.1) is 0 Å². The second kappa shape index (κ2) is 16.1. The van der Waals surface area contributed by atoms with Gasteiger partial charge in [0.2, 0.25) is 0 Å². The van der Waals surface area contributed by atoms with Crippen molar-refractivity contribution in [2.24, 2.45) is 0 Å². The predicted molar refractivity (Wildman–Crippen MR) is 118 cm³/mol. The van der Waals surface area contributed by atoms with Crippen LogP contribution in [0.2, 0.25) is 0 Å². The summed E-state index contributed by atoms with van der Waals surface area (Å²) in [7, 11) is 0. The average Bonchev–Trinajstić information content (AvgIpc) is 2.75. The van der Waals surface area contributed by atoms with Gasteiger partial charge in [-0.3, -0.25) is 4.79 Å². The maximum Gasteiger partial charge on any atom is 0.263 e. The molecule has 166 valence electrons. The topological polar surface area (TPSA) is 92.6 Å². The number of carbonyl (C=O) groups is 1. The van der Waals surface area contributed by atoms with Crippen molar-refractivity contribution in [1.29, 1.82) is 5.26 Å². The minimum Gasteiger partial charge on any atom is -0.490 e. The third kappa shape index (κ3) is 10.2. The van der Waals surface area contributed by atoms with E-state index in [1.165, 1.54) is 6.20 Å². The zero-order valence-corrected chi connectivity index (χ0v) is 18.5. The van der Waals surface area contributed by atoms with Crippen LogP contribution in [0.1, 0.15) is 45.6 Å². The molecule has 0 aliphatic heterocycles. The number of nitrogens with zero attached hydrogens (tertiary/aromatic N) is 1. The van der Waals surface area contributed by atoms with E-state index in [1.54, 1.807) is 0 Å². The van der Waals surface area contributed by atoms with E-state index < -0.39 is 0 Å². The van der Waals surface area contributed by atoms with Gasteiger partial charge in [-0.1, -0.05) is 19.4 Å². The Kier molecular flexibility index (Phi) is 13.6. The Labute approximate surface area is 180 Å². The summed E-state index contributed by atoms with van der Waals surface area (Å²) in [6.07, 6.45) is 5.06. The number of ether oxygens (including phenoxy) is 3. The van der Waals surface area contributed by atoms with Gasteiger partial charge in [-0.05, 0) is 50.8 Å². The van der Waals surface area contributed by atoms with Gasteiger partial charge in [-0.25, -0.2) is 0 Å². The Hall–Kier alpha value is -2.72. The molecule has 30 heavy (non-hydrogen) atoms. The van der Waals surface area contributed by atoms with Gasteiger partial charge in [-0.2, -0.15) is 5.26 Å². The highest BCUT2D eigenvalue weighted by Crippen LogP contribution is 2.28. The summed E-state index contributed by atoms with van der Waals surface area (Å²) in [5.74, 6) is 1.08. The van der Waals surface area contributed by atoms with Crippen LogP contribution in [0.25, 0.3) is 0 Å². The maximum atomic E-state index is 12.1. The number of unbranched alkanes of at least 4 members (excludes halogenated alkanes) is 1. The van der Waals surface area contributed by atoms with Crippen LogP contribution in [-0.4, -0.2) is 45.4 Å². The van der Waals surface area contributed by atoms with Crippen LogP contribution < -0.4 is 20.1 Å². The summed E-state index contributed by atoms with van der Waals surface area (Å²) >= 11 is 0. The van der Waals surface area contributed by atoms with E-state index in [9.17, 15) is 10.1 Å². The Bertz CT molecular complexity index is 698. The molecule has 0 aliphatic carbocycles. The molecule has 0 saturated carbocycles. The Morgan fingerprint density at radius 3 is 2.50 bits per heavy atom. The van der Waals surface area contributed by atoms with Crippen LogP contribution in [-0.2, 0) is 16.0 Å². The summed E-state index contributed by atoms with van der Waals surface area (Å²) in [5, 5.41) is 15.0. The van der Waals surface area contributed by atoms with Crippen molar-refractivity contribution in [2.75, 3.05) is 39.5 Å². The molecule has 0 aliphatic rings. The molecule has 0 spiro atoms. The highest BCUT2D eigenvalue weighted by Gasteiger charge is 2.08. The summed E-state index contributed by atoms with van der Waals surface area (Å²) in [5.41, 5.74) is 1.14. The molecule has 7 heteroatoms. The molecule has 0 atom stereocenters. The number of amides is 1. The fourth-order valence-electron chi connectivity index (χ4n) is 2.61. The first-order valence-corrected chi connectivity index (χ1v) is 10.7. The van der Waals surface area contributed by atoms with E-state index in [0.29, 0.717) is 32.9 Å². The third-order valence-electron chi connectivity index (χ3n) is 4.17. The summed E-state index contributed by atoms with van der Waals surface area (Å²) < 4.78 is 16.7. The zero-order chi connectivity index (χ0) is 22.0. The first-order valence-electron chi connectivity index (χ1n) is 10.7. The molecule has 1 aromatic rings. The lowest BCUT2D eigenvalue weighted by atomic mass is 10.1. The molecule has 0 saturated heterocycles. The lowest BCUT2D eigenvalue weighted by molar-refractivity contribution is -0.117. The van der Waals surface area contributed by atoms with E-state index in [0.717, 1.165) is 49.4 Å². The minimum absolute atomic E-state index is 0.0589. The lowest BCUT2D eigenvalue weighted by Crippen LogP contribution is -2.27. The van der Waals surface area contributed by atoms with Gasteiger partial charge < -0.3 is 24.8 Å². The highest BCUT2D eigenvalue weighted by molar-refractivity contribution is 5.97. The molecule has 0 fully saturated rings. The van der Waals surface area contributed by atoms with Gasteiger partial charge >= 0.3 is 0 Å². The summed E-state index contributed by atoms with van der Waals surface area (Å²) in [4.78, 5) is 12.1. The molecule has 0 unspecified atom stereocenters. The first-order chi connectivity index (χ1) is 14.7. The Morgan fingerprint density at radius 2 is 1.80 bits per heavy atom. The molecule has 1 rings (SSSR count). The third-order valence-corrected chi connectivity index (χ3v) is 4.17. The molecule has 1 aromatic carbocycles. The second-order valence-corrected chi connectivity index (χ2v) is 6.60. The number of nitrogens with one attached hydrogen (secondary N) is 2. The Morgan fingerprint density at radius 1 is 1.07 bits per heavy atom. The molecule has 0 radical (unpaired) electrons. The quantitative estimate of drug-likeness (QED) is 0.243. The second-order valence-electron chi connectivity index (χ2n) is 6.60. The smallest absolute Gasteiger partial charge is 0.263 e. The molecule has 0 aromatic heterocycles. The van der Waals surface area contributed by atoms with E-state index in [2.05, 4.69) is 17.6 Å². The van der Waals surface area contributed by atoms with Crippen molar-refractivity contribution in [3.63, 3.8) is 0 Å². The molecule has 0 heterocycles. The van der Waals surface area contributed by atoms with E-state index in [4.69, 9.17) is 14.2 Å². The number of nitriles is 1. The summed E-state index contributed by atoms with van der Waals surface area (Å²) in [6.45, 7) is 9.55. The van der Waals surface area contributed by atoms with Gasteiger partial charge in [0.1, 0.15) is 11.6 Å². The van der Waals surface area contributed by atoms with E-state index >= 15 is 0 Å². The van der Waals surface area contributed by atoms with Gasteiger partial charge in [0.25, 0.3) is 5.91 Å². The van der Waals surface area contributed by atoms with Crippen LogP contribution in [0, 0.1) is 11.3 Å². The van der Waals surface area contributed by atoms with Crippen LogP contribution in [0.5, 0.6) is 11.5 Å². The molecule has 1 amide bonds. The molecule has 0 bridgehead atoms. The number of hydrogen-bond acceptors (Lipinski definition) is 6. The first kappa shape index (κ1) is 25.3. The lowest BCUT2D eigenvalue weighted by Gasteiger charge is -2.12. The van der Waals surface area contributed by atoms with Gasteiger partial charge in [0.05, 0.1) is 13.2 Å². The monoisotopic (exact) mass is 417 g/mol. The number of rotatable bonds is 16. The van der Waals surface area contributed by atoms with E-state index in [1.807, 2.05) is 38.1 Å². The highest BCUT2D eigenvalue weighted by atomic mass is 16.5. The van der Waals surface area contributed by atoms with Crippen molar-refractivity contribution >= 4 is 5.91 Å². The zero-order valence-electron chi connectivity index (χ0n) is 18.5. The fourth-order valence-corrected chi connectivity index (χ4v) is 2.61. The van der Waals surface area contributed by atoms with Gasteiger partial charge in [0.15, 0.2) is 11.5 Å². The van der Waals surface area contributed by atoms with Crippen molar-refractivity contribution in [1.82, 2.24) is 10.6 Å². The molecule has 7 nitrogen and oxygen atoms in total. The van der Waals surface area contributed by atoms with Crippen LogP contribution in [0.4, 0.5) is 0 Å². The fraction of sp³-hybridized carbons (Fsp3) is 0.565. The maximum absolute atomic E-state index is 12.1. The van der Waals surface area contributed by atoms with Crippen molar-refractivity contribution in [3.8, 4) is 17.6 Å². The standard InChI is InChI=1S/C23H35N3O4/c1-4-7-14-28-15-8-12-26-23(27)20(17-24)18-25-13-11-19-9-10-21(29-5-2)22(16-19)30-6-3/h9-10,16,18,25H,4-8,11-15H2,1-3H3,(H,26,27)/b20-18-. The Balaban J connectivity index is 2.41. The molecule has 2 N–H and O–H groups in total. The van der Waals surface area contributed by atoms with Crippen molar-refractivity contribution in [2.45, 2.75) is 46.5 Å². The predicted octanol–water partition coefficient (Wildman–Crippen LogP) is 3.35. The molecular weight excluding hydrogens is 382 g/mol. The van der Waals surface area contributed by atoms with Crippen LogP contribution in [0.3, 0.4) is 0 Å².